The second kappa shape index (κ2) is 11.9. The van der Waals surface area contributed by atoms with Gasteiger partial charge < -0.3 is 19.7 Å². The van der Waals surface area contributed by atoms with E-state index in [1.54, 1.807) is 24.8 Å². The van der Waals surface area contributed by atoms with Gasteiger partial charge in [0, 0.05) is 60.5 Å². The highest BCUT2D eigenvalue weighted by atomic mass is 19.1. The number of ether oxygens (including phenoxy) is 2. The number of anilines is 2. The minimum Gasteiger partial charge on any atom is -0.497 e. The molecule has 1 saturated heterocycles. The third kappa shape index (κ3) is 5.59. The van der Waals surface area contributed by atoms with Crippen LogP contribution in [-0.2, 0) is 13.1 Å². The quantitative estimate of drug-likeness (QED) is 0.230. The fourth-order valence-electron chi connectivity index (χ4n) is 5.79. The Bertz CT molecular complexity index is 1750. The van der Waals surface area contributed by atoms with Gasteiger partial charge in [-0.15, -0.1) is 5.10 Å². The maximum Gasteiger partial charge on any atom is 0.226 e. The van der Waals surface area contributed by atoms with Gasteiger partial charge in [-0.3, -0.25) is 4.68 Å². The number of rotatable bonds is 9. The fourth-order valence-corrected chi connectivity index (χ4v) is 5.79. The van der Waals surface area contributed by atoms with Crippen LogP contribution in [0.25, 0.3) is 16.9 Å². The Morgan fingerprint density at radius 2 is 1.93 bits per heavy atom. The zero-order valence-corrected chi connectivity index (χ0v) is 25.2. The van der Waals surface area contributed by atoms with Crippen molar-refractivity contribution in [2.24, 2.45) is 0 Å². The zero-order valence-electron chi connectivity index (χ0n) is 25.2. The summed E-state index contributed by atoms with van der Waals surface area (Å²) in [4.78, 5) is 12.4. The Balaban J connectivity index is 1.39. The average Bonchev–Trinajstić information content (AvgIpc) is 3.69. The van der Waals surface area contributed by atoms with Crippen molar-refractivity contribution in [2.75, 3.05) is 31.0 Å². The molecule has 43 heavy (non-hydrogen) atoms. The lowest BCUT2D eigenvalue weighted by molar-refractivity contribution is 0.391. The van der Waals surface area contributed by atoms with Gasteiger partial charge in [-0.1, -0.05) is 12.1 Å². The van der Waals surface area contributed by atoms with Gasteiger partial charge in [0.15, 0.2) is 11.5 Å². The Hall–Kier alpha value is -4.67. The zero-order chi connectivity index (χ0) is 30.1. The van der Waals surface area contributed by atoms with Crippen LogP contribution in [0.15, 0.2) is 54.9 Å². The largest absolute Gasteiger partial charge is 0.497 e. The molecule has 11 heteroatoms. The number of aromatic nitrogens is 6. The lowest BCUT2D eigenvalue weighted by Crippen LogP contribution is -2.41. The molecular formula is C32H37FN8O2. The summed E-state index contributed by atoms with van der Waals surface area (Å²) in [6.07, 6.45) is 6.04. The number of methoxy groups -OCH3 is 2. The second-order valence-corrected chi connectivity index (χ2v) is 11.0. The molecule has 1 aliphatic rings. The van der Waals surface area contributed by atoms with Crippen LogP contribution >= 0.6 is 0 Å². The molecule has 10 nitrogen and oxygen atoms in total. The Morgan fingerprint density at radius 3 is 2.67 bits per heavy atom. The molecule has 1 N–H and O–H groups in total. The first-order chi connectivity index (χ1) is 20.9. The Labute approximate surface area is 250 Å². The van der Waals surface area contributed by atoms with E-state index in [4.69, 9.17) is 24.5 Å². The number of nitrogens with zero attached hydrogens (tertiary/aromatic N) is 7. The molecule has 2 aromatic carbocycles. The van der Waals surface area contributed by atoms with Gasteiger partial charge in [-0.25, -0.2) is 14.4 Å². The van der Waals surface area contributed by atoms with Crippen LogP contribution in [-0.4, -0.2) is 56.2 Å². The predicted octanol–water partition coefficient (Wildman–Crippen LogP) is 5.86. The van der Waals surface area contributed by atoms with E-state index in [9.17, 15) is 4.39 Å². The van der Waals surface area contributed by atoms with E-state index < -0.39 is 0 Å². The average molecular weight is 585 g/mol. The molecule has 0 radical (unpaired) electrons. The molecule has 0 saturated carbocycles. The summed E-state index contributed by atoms with van der Waals surface area (Å²) in [7, 11) is 3.26. The third-order valence-electron chi connectivity index (χ3n) is 8.28. The number of nitrogens with one attached hydrogen (secondary N) is 1. The van der Waals surface area contributed by atoms with Gasteiger partial charge in [0.1, 0.15) is 17.3 Å². The van der Waals surface area contributed by atoms with E-state index in [-0.39, 0.29) is 11.7 Å². The van der Waals surface area contributed by atoms with E-state index in [1.165, 1.54) is 12.1 Å². The van der Waals surface area contributed by atoms with E-state index in [1.807, 2.05) is 42.1 Å². The lowest BCUT2D eigenvalue weighted by atomic mass is 9.92. The van der Waals surface area contributed by atoms with E-state index in [2.05, 4.69) is 35.4 Å². The van der Waals surface area contributed by atoms with Crippen LogP contribution < -0.4 is 19.7 Å². The molecule has 0 amide bonds. The highest BCUT2D eigenvalue weighted by Crippen LogP contribution is 2.34. The lowest BCUT2D eigenvalue weighted by Gasteiger charge is -2.37. The van der Waals surface area contributed by atoms with Crippen molar-refractivity contribution >= 4 is 17.3 Å². The minimum atomic E-state index is -0.318. The summed E-state index contributed by atoms with van der Waals surface area (Å²) in [6.45, 7) is 8.36. The van der Waals surface area contributed by atoms with Crippen molar-refractivity contribution in [1.82, 2.24) is 29.4 Å². The summed E-state index contributed by atoms with van der Waals surface area (Å²) < 4.78 is 29.0. The highest BCUT2D eigenvalue weighted by Gasteiger charge is 2.31. The summed E-state index contributed by atoms with van der Waals surface area (Å²) >= 11 is 0. The number of benzene rings is 2. The summed E-state index contributed by atoms with van der Waals surface area (Å²) in [5, 5.41) is 13.0. The predicted molar refractivity (Wildman–Crippen MR) is 164 cm³/mol. The van der Waals surface area contributed by atoms with Crippen molar-refractivity contribution < 1.29 is 13.9 Å². The molecule has 0 aliphatic carbocycles. The van der Waals surface area contributed by atoms with Crippen LogP contribution in [0.4, 0.5) is 16.0 Å². The van der Waals surface area contributed by atoms with Crippen molar-refractivity contribution in [2.45, 2.75) is 58.7 Å². The van der Waals surface area contributed by atoms with Gasteiger partial charge in [-0.2, -0.15) is 9.61 Å². The highest BCUT2D eigenvalue weighted by molar-refractivity contribution is 5.71. The number of hydrogen-bond donors (Lipinski definition) is 1. The topological polar surface area (TPSA) is 94.6 Å². The van der Waals surface area contributed by atoms with E-state index >= 15 is 0 Å². The van der Waals surface area contributed by atoms with Gasteiger partial charge in [0.25, 0.3) is 0 Å². The third-order valence-corrected chi connectivity index (χ3v) is 8.28. The molecule has 1 fully saturated rings. The molecule has 224 valence electrons. The first kappa shape index (κ1) is 28.4. The molecule has 0 spiro atoms. The van der Waals surface area contributed by atoms with Crippen molar-refractivity contribution in [1.29, 1.82) is 0 Å². The van der Waals surface area contributed by atoms with Gasteiger partial charge in [-0.05, 0) is 57.9 Å². The fraction of sp³-hybridized carbons (Fsp3) is 0.375. The maximum absolute atomic E-state index is 14.3. The first-order valence-corrected chi connectivity index (χ1v) is 14.7. The molecule has 1 aliphatic heterocycles. The van der Waals surface area contributed by atoms with Gasteiger partial charge in [0.2, 0.25) is 5.95 Å². The molecule has 2 unspecified atom stereocenters. The van der Waals surface area contributed by atoms with Gasteiger partial charge >= 0.3 is 0 Å². The smallest absolute Gasteiger partial charge is 0.226 e. The number of aryl methyl sites for hydroxylation is 2. The normalized spacial score (nSPS) is 16.9. The van der Waals surface area contributed by atoms with Crippen LogP contribution in [0.2, 0.25) is 0 Å². The molecular weight excluding hydrogens is 547 g/mol. The van der Waals surface area contributed by atoms with Crippen molar-refractivity contribution in [3.63, 3.8) is 0 Å². The summed E-state index contributed by atoms with van der Waals surface area (Å²) in [5.41, 5.74) is 4.90. The van der Waals surface area contributed by atoms with Crippen LogP contribution in [0.5, 0.6) is 11.5 Å². The molecule has 5 aromatic rings. The van der Waals surface area contributed by atoms with E-state index in [0.717, 1.165) is 48.6 Å². The summed E-state index contributed by atoms with van der Waals surface area (Å²) in [5.74, 6) is 2.51. The number of piperidine rings is 1. The SMILES string of the molecule is CCn1cc(N2CC(c3nc4c(C)c(-c5cccc(F)c5)nc(NCc5ccc(OC)cc5OC)n4n3)CCC2C)cn1. The molecule has 0 bridgehead atoms. The minimum absolute atomic E-state index is 0.132. The Kier molecular flexibility index (Phi) is 7.88. The number of hydrogen-bond acceptors (Lipinski definition) is 8. The van der Waals surface area contributed by atoms with Crippen molar-refractivity contribution in [3.8, 4) is 22.8 Å². The maximum atomic E-state index is 14.3. The first-order valence-electron chi connectivity index (χ1n) is 14.7. The van der Waals surface area contributed by atoms with Gasteiger partial charge in [0.05, 0.1) is 31.8 Å². The summed E-state index contributed by atoms with van der Waals surface area (Å²) in [6, 6.07) is 12.6. The van der Waals surface area contributed by atoms with Crippen LogP contribution in [0.3, 0.4) is 0 Å². The monoisotopic (exact) mass is 584 g/mol. The number of halogens is 1. The second-order valence-electron chi connectivity index (χ2n) is 11.0. The molecule has 6 rings (SSSR count). The van der Waals surface area contributed by atoms with E-state index in [0.29, 0.717) is 46.9 Å². The van der Waals surface area contributed by atoms with Crippen LogP contribution in [0.1, 0.15) is 49.6 Å². The molecule has 3 aromatic heterocycles. The molecule has 2 atom stereocenters. The standard InChI is InChI=1S/C32H37FN8O2/c1-6-39-19-26(17-35-39)40-18-24(11-10-20(40)2)30-37-31-21(3)29(22-8-7-9-25(33)14-22)36-32(41(31)38-30)34-16-23-12-13-27(42-4)15-28(23)43-5/h7-9,12-15,17,19-20,24H,6,10-11,16,18H2,1-5H3,(H,34,36). The van der Waals surface area contributed by atoms with Crippen molar-refractivity contribution in [3.05, 3.63) is 77.6 Å². The van der Waals surface area contributed by atoms with Crippen LogP contribution in [0, 0.1) is 12.7 Å². The number of fused-ring (bicyclic) bond motifs is 1. The Morgan fingerprint density at radius 1 is 1.07 bits per heavy atom. The molecule has 4 heterocycles.